The fraction of sp³-hybridized carbons (Fsp3) is 0.900. The van der Waals surface area contributed by atoms with Gasteiger partial charge in [0.2, 0.25) is 0 Å². The maximum Gasteiger partial charge on any atom is 0.409 e. The summed E-state index contributed by atoms with van der Waals surface area (Å²) >= 11 is 0. The first-order chi connectivity index (χ1) is 6.77. The Kier molecular flexibility index (Phi) is 4.73. The average molecular weight is 200 g/mol. The molecule has 1 aliphatic rings. The van der Waals surface area contributed by atoms with Crippen LogP contribution < -0.4 is 0 Å². The van der Waals surface area contributed by atoms with Crippen LogP contribution in [0.3, 0.4) is 0 Å². The SMILES string of the molecule is CCN(CC)CCCN1CCOC1=O. The van der Waals surface area contributed by atoms with Crippen molar-refractivity contribution in [3.05, 3.63) is 0 Å². The standard InChI is InChI=1S/C10H20N2O2/c1-3-11(4-2)6-5-7-12-8-9-14-10(12)13/h3-9H2,1-2H3. The third-order valence-electron chi connectivity index (χ3n) is 2.64. The monoisotopic (exact) mass is 200 g/mol. The first-order valence-corrected chi connectivity index (χ1v) is 5.42. The molecule has 1 rings (SSSR count). The zero-order chi connectivity index (χ0) is 10.4. The molecule has 0 bridgehead atoms. The minimum Gasteiger partial charge on any atom is -0.448 e. The Morgan fingerprint density at radius 2 is 2.14 bits per heavy atom. The summed E-state index contributed by atoms with van der Waals surface area (Å²) < 4.78 is 4.85. The fourth-order valence-corrected chi connectivity index (χ4v) is 1.65. The van der Waals surface area contributed by atoms with Crippen molar-refractivity contribution in [1.29, 1.82) is 0 Å². The highest BCUT2D eigenvalue weighted by Gasteiger charge is 2.20. The summed E-state index contributed by atoms with van der Waals surface area (Å²) in [5, 5.41) is 0. The van der Waals surface area contributed by atoms with Crippen LogP contribution in [0, 0.1) is 0 Å². The van der Waals surface area contributed by atoms with E-state index in [2.05, 4.69) is 18.7 Å². The van der Waals surface area contributed by atoms with Gasteiger partial charge >= 0.3 is 6.09 Å². The molecule has 1 heterocycles. The van der Waals surface area contributed by atoms with Crippen LogP contribution >= 0.6 is 0 Å². The van der Waals surface area contributed by atoms with Crippen molar-refractivity contribution in [1.82, 2.24) is 9.80 Å². The average Bonchev–Trinajstić information content (AvgIpc) is 2.59. The van der Waals surface area contributed by atoms with Gasteiger partial charge in [0.15, 0.2) is 0 Å². The molecule has 1 amide bonds. The molecule has 4 heteroatoms. The van der Waals surface area contributed by atoms with Gasteiger partial charge in [0.05, 0.1) is 6.54 Å². The van der Waals surface area contributed by atoms with Gasteiger partial charge in [-0.25, -0.2) is 4.79 Å². The summed E-state index contributed by atoms with van der Waals surface area (Å²) in [6.07, 6.45) is 0.890. The van der Waals surface area contributed by atoms with Crippen LogP contribution in [0.15, 0.2) is 0 Å². The van der Waals surface area contributed by atoms with Crippen LogP contribution in [0.2, 0.25) is 0 Å². The van der Waals surface area contributed by atoms with Crippen molar-refractivity contribution in [3.63, 3.8) is 0 Å². The Morgan fingerprint density at radius 3 is 2.64 bits per heavy atom. The molecule has 4 nitrogen and oxygen atoms in total. The van der Waals surface area contributed by atoms with Gasteiger partial charge in [-0.2, -0.15) is 0 Å². The lowest BCUT2D eigenvalue weighted by molar-refractivity contribution is 0.157. The van der Waals surface area contributed by atoms with Gasteiger partial charge in [0.1, 0.15) is 6.61 Å². The number of ether oxygens (including phenoxy) is 1. The summed E-state index contributed by atoms with van der Waals surface area (Å²) in [6, 6.07) is 0. The Balaban J connectivity index is 2.11. The second-order valence-corrected chi connectivity index (χ2v) is 3.48. The van der Waals surface area contributed by atoms with Crippen LogP contribution in [0.1, 0.15) is 20.3 Å². The van der Waals surface area contributed by atoms with Crippen molar-refractivity contribution >= 4 is 6.09 Å². The number of cyclic esters (lactones) is 1. The molecule has 0 aromatic carbocycles. The maximum atomic E-state index is 11.1. The van der Waals surface area contributed by atoms with E-state index >= 15 is 0 Å². The van der Waals surface area contributed by atoms with Gasteiger partial charge in [-0.3, -0.25) is 0 Å². The van der Waals surface area contributed by atoms with Crippen LogP contribution in [0.4, 0.5) is 4.79 Å². The van der Waals surface area contributed by atoms with Crippen LogP contribution in [0.25, 0.3) is 0 Å². The van der Waals surface area contributed by atoms with Crippen molar-refractivity contribution in [3.8, 4) is 0 Å². The van der Waals surface area contributed by atoms with Crippen molar-refractivity contribution in [2.24, 2.45) is 0 Å². The Labute approximate surface area is 85.8 Å². The summed E-state index contributed by atoms with van der Waals surface area (Å²) in [5.74, 6) is 0. The molecular formula is C10H20N2O2. The maximum absolute atomic E-state index is 11.1. The first-order valence-electron chi connectivity index (χ1n) is 5.42. The summed E-state index contributed by atoms with van der Waals surface area (Å²) in [5.41, 5.74) is 0. The van der Waals surface area contributed by atoms with Gasteiger partial charge in [0, 0.05) is 6.54 Å². The lowest BCUT2D eigenvalue weighted by atomic mass is 10.3. The van der Waals surface area contributed by atoms with Crippen LogP contribution in [-0.2, 0) is 4.74 Å². The number of hydrogen-bond acceptors (Lipinski definition) is 3. The Hall–Kier alpha value is -0.770. The van der Waals surface area contributed by atoms with Crippen LogP contribution in [0.5, 0.6) is 0 Å². The zero-order valence-electron chi connectivity index (χ0n) is 9.16. The van der Waals surface area contributed by atoms with E-state index in [-0.39, 0.29) is 6.09 Å². The predicted molar refractivity (Wildman–Crippen MR) is 55.3 cm³/mol. The molecule has 0 spiro atoms. The third-order valence-corrected chi connectivity index (χ3v) is 2.64. The van der Waals surface area contributed by atoms with Crippen LogP contribution in [-0.4, -0.2) is 55.2 Å². The minimum atomic E-state index is -0.149. The van der Waals surface area contributed by atoms with E-state index in [9.17, 15) is 4.79 Å². The van der Waals surface area contributed by atoms with Gasteiger partial charge < -0.3 is 14.5 Å². The molecule has 0 N–H and O–H groups in total. The van der Waals surface area contributed by atoms with E-state index in [4.69, 9.17) is 4.74 Å². The van der Waals surface area contributed by atoms with Gasteiger partial charge in [0.25, 0.3) is 0 Å². The van der Waals surface area contributed by atoms with E-state index in [1.165, 1.54) is 0 Å². The summed E-state index contributed by atoms with van der Waals surface area (Å²) in [7, 11) is 0. The fourth-order valence-electron chi connectivity index (χ4n) is 1.65. The predicted octanol–water partition coefficient (Wildman–Crippen LogP) is 1.17. The normalized spacial score (nSPS) is 16.5. The lowest BCUT2D eigenvalue weighted by Gasteiger charge is -2.19. The van der Waals surface area contributed by atoms with E-state index in [1.54, 1.807) is 4.90 Å². The zero-order valence-corrected chi connectivity index (χ0v) is 9.16. The first kappa shape index (κ1) is 11.3. The second-order valence-electron chi connectivity index (χ2n) is 3.48. The Bertz CT molecular complexity index is 181. The van der Waals surface area contributed by atoms with E-state index in [1.807, 2.05) is 0 Å². The number of nitrogens with zero attached hydrogens (tertiary/aromatic N) is 2. The second kappa shape index (κ2) is 5.86. The molecule has 0 aliphatic carbocycles. The van der Waals surface area contributed by atoms with Crippen molar-refractivity contribution in [2.45, 2.75) is 20.3 Å². The van der Waals surface area contributed by atoms with E-state index in [0.29, 0.717) is 6.61 Å². The highest BCUT2D eigenvalue weighted by atomic mass is 16.6. The van der Waals surface area contributed by atoms with E-state index in [0.717, 1.165) is 39.1 Å². The molecule has 82 valence electrons. The quantitative estimate of drug-likeness (QED) is 0.645. The van der Waals surface area contributed by atoms with Crippen molar-refractivity contribution in [2.75, 3.05) is 39.3 Å². The molecule has 1 fully saturated rings. The molecule has 0 radical (unpaired) electrons. The van der Waals surface area contributed by atoms with Crippen molar-refractivity contribution < 1.29 is 9.53 Å². The number of hydrogen-bond donors (Lipinski definition) is 0. The Morgan fingerprint density at radius 1 is 1.43 bits per heavy atom. The van der Waals surface area contributed by atoms with Gasteiger partial charge in [-0.05, 0) is 26.1 Å². The lowest BCUT2D eigenvalue weighted by Crippen LogP contribution is -2.30. The molecular weight excluding hydrogens is 180 g/mol. The van der Waals surface area contributed by atoms with E-state index < -0.39 is 0 Å². The largest absolute Gasteiger partial charge is 0.448 e. The molecule has 0 saturated carbocycles. The highest BCUT2D eigenvalue weighted by Crippen LogP contribution is 2.04. The topological polar surface area (TPSA) is 32.8 Å². The molecule has 0 aromatic rings. The number of carbonyl (C=O) groups excluding carboxylic acids is 1. The molecule has 0 unspecified atom stereocenters. The summed E-state index contributed by atoms with van der Waals surface area (Å²) in [4.78, 5) is 15.2. The smallest absolute Gasteiger partial charge is 0.409 e. The third kappa shape index (κ3) is 3.18. The number of amides is 1. The molecule has 0 aromatic heterocycles. The molecule has 1 aliphatic heterocycles. The minimum absolute atomic E-state index is 0.149. The number of rotatable bonds is 6. The van der Waals surface area contributed by atoms with Gasteiger partial charge in [-0.1, -0.05) is 13.8 Å². The highest BCUT2D eigenvalue weighted by molar-refractivity contribution is 5.69. The molecule has 0 atom stereocenters. The molecule has 14 heavy (non-hydrogen) atoms. The molecule has 1 saturated heterocycles. The van der Waals surface area contributed by atoms with Gasteiger partial charge in [-0.15, -0.1) is 0 Å². The summed E-state index contributed by atoms with van der Waals surface area (Å²) in [6.45, 7) is 9.70. The number of carbonyl (C=O) groups is 1.